The van der Waals surface area contributed by atoms with Crippen LogP contribution in [0.15, 0.2) is 0 Å². The summed E-state index contributed by atoms with van der Waals surface area (Å²) in [6, 6.07) is 0.256. The maximum atomic E-state index is 11.2. The van der Waals surface area contributed by atoms with E-state index in [4.69, 9.17) is 5.11 Å². The Bertz CT molecular complexity index is 183. The largest absolute Gasteiger partial charge is 0.393 e. The van der Waals surface area contributed by atoms with E-state index in [1.165, 1.54) is 12.8 Å². The molecule has 0 spiro atoms. The van der Waals surface area contributed by atoms with Crippen LogP contribution in [0, 0.1) is 5.92 Å². The highest BCUT2D eigenvalue weighted by Gasteiger charge is 2.30. The number of carbonyl (C=O) groups is 1. The van der Waals surface area contributed by atoms with Crippen LogP contribution in [0.25, 0.3) is 0 Å². The molecule has 0 aromatic heterocycles. The van der Waals surface area contributed by atoms with Gasteiger partial charge >= 0.3 is 0 Å². The smallest absolute Gasteiger partial charge is 0.220 e. The highest BCUT2D eigenvalue weighted by molar-refractivity contribution is 5.76. The summed E-state index contributed by atoms with van der Waals surface area (Å²) >= 11 is 0. The van der Waals surface area contributed by atoms with Gasteiger partial charge in [-0.1, -0.05) is 0 Å². The second-order valence-electron chi connectivity index (χ2n) is 4.04. The molecule has 2 aliphatic carbocycles. The van der Waals surface area contributed by atoms with Crippen molar-refractivity contribution >= 4 is 5.91 Å². The van der Waals surface area contributed by atoms with E-state index in [1.807, 2.05) is 0 Å². The predicted molar refractivity (Wildman–Crippen MR) is 44.5 cm³/mol. The monoisotopic (exact) mass is 169 g/mol. The lowest BCUT2D eigenvalue weighted by molar-refractivity contribution is -0.123. The Morgan fingerprint density at radius 2 is 2.08 bits per heavy atom. The number of nitrogens with one attached hydrogen (secondary N) is 1. The van der Waals surface area contributed by atoms with Gasteiger partial charge in [0.1, 0.15) is 0 Å². The molecule has 0 aromatic carbocycles. The van der Waals surface area contributed by atoms with E-state index in [0.29, 0.717) is 12.3 Å². The Balaban J connectivity index is 1.62. The fourth-order valence-electron chi connectivity index (χ4n) is 1.58. The average molecular weight is 169 g/mol. The molecule has 0 bridgehead atoms. The summed E-state index contributed by atoms with van der Waals surface area (Å²) in [4.78, 5) is 11.2. The van der Waals surface area contributed by atoms with E-state index < -0.39 is 0 Å². The van der Waals surface area contributed by atoms with Gasteiger partial charge in [-0.25, -0.2) is 0 Å². The quantitative estimate of drug-likeness (QED) is 0.643. The van der Waals surface area contributed by atoms with Crippen LogP contribution in [0.2, 0.25) is 0 Å². The molecule has 1 amide bonds. The first-order valence-electron chi connectivity index (χ1n) is 4.71. The minimum atomic E-state index is -0.170. The third-order valence-corrected chi connectivity index (χ3v) is 2.65. The predicted octanol–water partition coefficient (Wildman–Crippen LogP) is 0.426. The van der Waals surface area contributed by atoms with Gasteiger partial charge in [0.15, 0.2) is 0 Å². The van der Waals surface area contributed by atoms with E-state index >= 15 is 0 Å². The number of carbonyl (C=O) groups excluding carboxylic acids is 1. The van der Waals surface area contributed by atoms with Gasteiger partial charge in [0, 0.05) is 12.5 Å². The van der Waals surface area contributed by atoms with E-state index in [0.717, 1.165) is 12.8 Å². The normalized spacial score (nSPS) is 34.1. The Kier molecular flexibility index (Phi) is 2.05. The molecule has 3 nitrogen and oxygen atoms in total. The zero-order valence-corrected chi connectivity index (χ0v) is 7.12. The summed E-state index contributed by atoms with van der Waals surface area (Å²) in [5.74, 6) is 0.837. The number of hydrogen-bond acceptors (Lipinski definition) is 2. The van der Waals surface area contributed by atoms with Gasteiger partial charge in [-0.15, -0.1) is 0 Å². The lowest BCUT2D eigenvalue weighted by Crippen LogP contribution is -2.46. The van der Waals surface area contributed by atoms with Crippen molar-refractivity contribution in [2.24, 2.45) is 5.92 Å². The van der Waals surface area contributed by atoms with Gasteiger partial charge < -0.3 is 10.4 Å². The van der Waals surface area contributed by atoms with E-state index in [1.54, 1.807) is 0 Å². The summed E-state index contributed by atoms with van der Waals surface area (Å²) in [6.45, 7) is 0. The van der Waals surface area contributed by atoms with Gasteiger partial charge in [0.25, 0.3) is 0 Å². The van der Waals surface area contributed by atoms with Crippen LogP contribution < -0.4 is 5.32 Å². The van der Waals surface area contributed by atoms with Gasteiger partial charge in [-0.2, -0.15) is 0 Å². The maximum absolute atomic E-state index is 11.2. The Morgan fingerprint density at radius 1 is 1.42 bits per heavy atom. The number of aliphatic hydroxyl groups is 1. The van der Waals surface area contributed by atoms with Crippen molar-refractivity contribution in [3.8, 4) is 0 Å². The van der Waals surface area contributed by atoms with Gasteiger partial charge in [0.2, 0.25) is 5.91 Å². The molecule has 2 aliphatic rings. The van der Waals surface area contributed by atoms with Crippen LogP contribution in [0.5, 0.6) is 0 Å². The van der Waals surface area contributed by atoms with E-state index in [-0.39, 0.29) is 18.1 Å². The van der Waals surface area contributed by atoms with Crippen LogP contribution >= 0.6 is 0 Å². The summed E-state index contributed by atoms with van der Waals surface area (Å²) in [6.07, 6.45) is 4.47. The van der Waals surface area contributed by atoms with Gasteiger partial charge in [-0.3, -0.25) is 4.79 Å². The average Bonchev–Trinajstić information content (AvgIpc) is 2.68. The molecule has 0 aliphatic heterocycles. The second kappa shape index (κ2) is 3.05. The van der Waals surface area contributed by atoms with Crippen LogP contribution in [0.1, 0.15) is 32.1 Å². The van der Waals surface area contributed by atoms with E-state index in [9.17, 15) is 4.79 Å². The molecule has 0 aromatic rings. The molecule has 0 unspecified atom stereocenters. The molecule has 12 heavy (non-hydrogen) atoms. The summed E-state index contributed by atoms with van der Waals surface area (Å²) < 4.78 is 0. The van der Waals surface area contributed by atoms with Crippen molar-refractivity contribution in [3.63, 3.8) is 0 Å². The standard InChI is InChI=1S/C9H15NO2/c11-8-4-7(5-8)10-9(12)3-6-1-2-6/h6-8,11H,1-5H2,(H,10,12). The van der Waals surface area contributed by atoms with Crippen LogP contribution in [0.3, 0.4) is 0 Å². The topological polar surface area (TPSA) is 49.3 Å². The highest BCUT2D eigenvalue weighted by Crippen LogP contribution is 2.32. The first kappa shape index (κ1) is 8.05. The van der Waals surface area contributed by atoms with Crippen molar-refractivity contribution < 1.29 is 9.90 Å². The SMILES string of the molecule is O=C(CC1CC1)NC1CC(O)C1. The fourth-order valence-corrected chi connectivity index (χ4v) is 1.58. The van der Waals surface area contributed by atoms with Gasteiger partial charge in [0.05, 0.1) is 6.10 Å². The van der Waals surface area contributed by atoms with Crippen LogP contribution in [-0.2, 0) is 4.79 Å². The Morgan fingerprint density at radius 3 is 2.58 bits per heavy atom. The highest BCUT2D eigenvalue weighted by atomic mass is 16.3. The lowest BCUT2D eigenvalue weighted by Gasteiger charge is -2.31. The number of amides is 1. The molecule has 0 heterocycles. The number of aliphatic hydroxyl groups excluding tert-OH is 1. The maximum Gasteiger partial charge on any atom is 0.220 e. The molecule has 2 N–H and O–H groups in total. The Labute approximate surface area is 72.2 Å². The molecular weight excluding hydrogens is 154 g/mol. The first-order valence-corrected chi connectivity index (χ1v) is 4.71. The minimum Gasteiger partial charge on any atom is -0.393 e. The number of rotatable bonds is 3. The first-order chi connectivity index (χ1) is 5.74. The molecule has 68 valence electrons. The van der Waals surface area contributed by atoms with Gasteiger partial charge in [-0.05, 0) is 31.6 Å². The van der Waals surface area contributed by atoms with E-state index in [2.05, 4.69) is 5.32 Å². The lowest BCUT2D eigenvalue weighted by atomic mass is 9.89. The zero-order valence-electron chi connectivity index (χ0n) is 7.12. The summed E-state index contributed by atoms with van der Waals surface area (Å²) in [5.41, 5.74) is 0. The molecule has 2 fully saturated rings. The third kappa shape index (κ3) is 1.97. The third-order valence-electron chi connectivity index (χ3n) is 2.65. The minimum absolute atomic E-state index is 0.170. The molecule has 3 heteroatoms. The molecular formula is C9H15NO2. The van der Waals surface area contributed by atoms with Crippen molar-refractivity contribution in [2.75, 3.05) is 0 Å². The van der Waals surface area contributed by atoms with Crippen molar-refractivity contribution in [3.05, 3.63) is 0 Å². The molecule has 0 radical (unpaired) electrons. The second-order valence-corrected chi connectivity index (χ2v) is 4.04. The molecule has 0 saturated heterocycles. The number of hydrogen-bond donors (Lipinski definition) is 2. The Hall–Kier alpha value is -0.570. The molecule has 2 saturated carbocycles. The summed E-state index contributed by atoms with van der Waals surface area (Å²) in [7, 11) is 0. The van der Waals surface area contributed by atoms with Crippen LogP contribution in [0.4, 0.5) is 0 Å². The van der Waals surface area contributed by atoms with Crippen molar-refractivity contribution in [1.29, 1.82) is 0 Å². The molecule has 2 rings (SSSR count). The fraction of sp³-hybridized carbons (Fsp3) is 0.889. The van der Waals surface area contributed by atoms with Crippen LogP contribution in [-0.4, -0.2) is 23.2 Å². The molecule has 0 atom stereocenters. The zero-order chi connectivity index (χ0) is 8.55. The van der Waals surface area contributed by atoms with Crippen molar-refractivity contribution in [1.82, 2.24) is 5.32 Å². The van der Waals surface area contributed by atoms with Crippen molar-refractivity contribution in [2.45, 2.75) is 44.2 Å². The summed E-state index contributed by atoms with van der Waals surface area (Å²) in [5, 5.41) is 11.9.